The molecule has 0 spiro atoms. The van der Waals surface area contributed by atoms with Gasteiger partial charge in [0.1, 0.15) is 18.6 Å². The first-order chi connectivity index (χ1) is 14.2. The van der Waals surface area contributed by atoms with Crippen LogP contribution in [0.5, 0.6) is 0 Å². The lowest BCUT2D eigenvalue weighted by Gasteiger charge is -2.23. The van der Waals surface area contributed by atoms with E-state index in [0.717, 1.165) is 5.56 Å². The van der Waals surface area contributed by atoms with Crippen molar-refractivity contribution in [2.24, 2.45) is 11.7 Å². The van der Waals surface area contributed by atoms with Gasteiger partial charge >= 0.3 is 5.97 Å². The maximum atomic E-state index is 12.4. The van der Waals surface area contributed by atoms with Crippen LogP contribution in [0.1, 0.15) is 19.4 Å². The summed E-state index contributed by atoms with van der Waals surface area (Å²) in [6.07, 6.45) is 0. The first kappa shape index (κ1) is 25.1. The zero-order valence-electron chi connectivity index (χ0n) is 17.5. The van der Waals surface area contributed by atoms with Crippen molar-refractivity contribution >= 4 is 23.7 Å². The predicted molar refractivity (Wildman–Crippen MR) is 109 cm³/mol. The zero-order valence-corrected chi connectivity index (χ0v) is 17.5. The molecule has 0 unspecified atom stereocenters. The molecule has 3 amide bonds. The molecule has 0 aromatic heterocycles. The van der Waals surface area contributed by atoms with Gasteiger partial charge in [-0.2, -0.15) is 0 Å². The van der Waals surface area contributed by atoms with E-state index in [0.29, 0.717) is 6.61 Å². The molecule has 0 aliphatic heterocycles. The Bertz CT molecular complexity index is 711. The van der Waals surface area contributed by atoms with Crippen LogP contribution in [-0.2, 0) is 35.3 Å². The second-order valence-electron chi connectivity index (χ2n) is 6.91. The summed E-state index contributed by atoms with van der Waals surface area (Å²) in [6, 6.07) is 7.61. The van der Waals surface area contributed by atoms with Crippen LogP contribution in [0.15, 0.2) is 30.3 Å². The molecule has 2 atom stereocenters. The molecule has 0 fully saturated rings. The summed E-state index contributed by atoms with van der Waals surface area (Å²) in [5.74, 6) is -2.49. The van der Waals surface area contributed by atoms with Crippen LogP contribution in [-0.4, -0.2) is 62.6 Å². The molecule has 0 radical (unpaired) electrons. The molecular formula is C20H30N4O6. The Kier molecular flexibility index (Phi) is 11.1. The highest BCUT2D eigenvalue weighted by molar-refractivity contribution is 5.92. The number of rotatable bonds is 12. The minimum Gasteiger partial charge on any atom is -0.468 e. The lowest BCUT2D eigenvalue weighted by Crippen LogP contribution is -2.55. The predicted octanol–water partition coefficient (Wildman–Crippen LogP) is -0.923. The van der Waals surface area contributed by atoms with Gasteiger partial charge in [-0.25, -0.2) is 0 Å². The molecule has 30 heavy (non-hydrogen) atoms. The first-order valence-electron chi connectivity index (χ1n) is 9.53. The smallest absolute Gasteiger partial charge is 0.325 e. The number of carbonyl (C=O) groups excluding carboxylic acids is 4. The Hall–Kier alpha value is -2.98. The van der Waals surface area contributed by atoms with E-state index in [1.54, 1.807) is 13.8 Å². The van der Waals surface area contributed by atoms with Crippen LogP contribution in [0, 0.1) is 5.92 Å². The molecule has 10 heteroatoms. The SMILES string of the molecule is COC(=O)CNC(=O)CNC(=O)[C@@H](NC(=O)[C@@H](N)COCc1ccccc1)C(C)C. The van der Waals surface area contributed by atoms with Crippen molar-refractivity contribution in [3.63, 3.8) is 0 Å². The monoisotopic (exact) mass is 422 g/mol. The number of benzene rings is 1. The van der Waals surface area contributed by atoms with Gasteiger partial charge in [-0.15, -0.1) is 0 Å². The number of methoxy groups -OCH3 is 1. The molecular weight excluding hydrogens is 392 g/mol. The number of ether oxygens (including phenoxy) is 2. The third kappa shape index (κ3) is 9.48. The summed E-state index contributed by atoms with van der Waals surface area (Å²) >= 11 is 0. The first-order valence-corrected chi connectivity index (χ1v) is 9.53. The lowest BCUT2D eigenvalue weighted by molar-refractivity contribution is -0.141. The van der Waals surface area contributed by atoms with Crippen molar-refractivity contribution in [2.75, 3.05) is 26.8 Å². The number of amides is 3. The summed E-state index contributed by atoms with van der Waals surface area (Å²) in [7, 11) is 1.20. The molecule has 1 aromatic rings. The van der Waals surface area contributed by atoms with Gasteiger partial charge in [0.2, 0.25) is 17.7 Å². The third-order valence-corrected chi connectivity index (χ3v) is 4.07. The van der Waals surface area contributed by atoms with Crippen LogP contribution in [0.25, 0.3) is 0 Å². The van der Waals surface area contributed by atoms with Gasteiger partial charge in [0.05, 0.1) is 26.9 Å². The highest BCUT2D eigenvalue weighted by atomic mass is 16.5. The number of nitrogens with two attached hydrogens (primary N) is 1. The van der Waals surface area contributed by atoms with Crippen molar-refractivity contribution in [3.8, 4) is 0 Å². The van der Waals surface area contributed by atoms with E-state index in [2.05, 4.69) is 20.7 Å². The number of nitrogens with one attached hydrogen (secondary N) is 3. The molecule has 166 valence electrons. The van der Waals surface area contributed by atoms with E-state index in [4.69, 9.17) is 10.5 Å². The third-order valence-electron chi connectivity index (χ3n) is 4.07. The maximum absolute atomic E-state index is 12.4. The summed E-state index contributed by atoms with van der Waals surface area (Å²) in [4.78, 5) is 47.4. The Labute approximate surface area is 175 Å². The average Bonchev–Trinajstić information content (AvgIpc) is 2.74. The summed E-state index contributed by atoms with van der Waals surface area (Å²) in [5, 5.41) is 7.31. The molecule has 0 heterocycles. The van der Waals surface area contributed by atoms with Crippen LogP contribution >= 0.6 is 0 Å². The Balaban J connectivity index is 2.44. The van der Waals surface area contributed by atoms with Crippen molar-refractivity contribution in [1.82, 2.24) is 16.0 Å². The van der Waals surface area contributed by atoms with Gasteiger partial charge in [-0.3, -0.25) is 19.2 Å². The number of hydrogen-bond acceptors (Lipinski definition) is 7. The minimum absolute atomic E-state index is 0.0108. The summed E-state index contributed by atoms with van der Waals surface area (Å²) in [6.45, 7) is 3.16. The fourth-order valence-corrected chi connectivity index (χ4v) is 2.33. The molecule has 0 bridgehead atoms. The highest BCUT2D eigenvalue weighted by Gasteiger charge is 2.26. The van der Waals surface area contributed by atoms with Crippen molar-refractivity contribution in [2.45, 2.75) is 32.5 Å². The summed E-state index contributed by atoms with van der Waals surface area (Å²) < 4.78 is 9.87. The van der Waals surface area contributed by atoms with Gasteiger partial charge in [0.15, 0.2) is 0 Å². The van der Waals surface area contributed by atoms with Crippen LogP contribution < -0.4 is 21.7 Å². The van der Waals surface area contributed by atoms with Gasteiger partial charge in [0.25, 0.3) is 0 Å². The molecule has 1 rings (SSSR count). The number of esters is 1. The normalized spacial score (nSPS) is 12.6. The van der Waals surface area contributed by atoms with Gasteiger partial charge in [-0.05, 0) is 11.5 Å². The number of hydrogen-bond donors (Lipinski definition) is 4. The molecule has 0 aliphatic carbocycles. The molecule has 5 N–H and O–H groups in total. The quantitative estimate of drug-likeness (QED) is 0.318. The second kappa shape index (κ2) is 13.3. The fraction of sp³-hybridized carbons (Fsp3) is 0.500. The molecule has 0 aliphatic rings. The van der Waals surface area contributed by atoms with E-state index in [9.17, 15) is 19.2 Å². The van der Waals surface area contributed by atoms with Crippen molar-refractivity contribution < 1.29 is 28.7 Å². The van der Waals surface area contributed by atoms with Gasteiger partial charge < -0.3 is 31.2 Å². The minimum atomic E-state index is -0.953. The summed E-state index contributed by atoms with van der Waals surface area (Å²) in [5.41, 5.74) is 6.81. The molecule has 0 saturated heterocycles. The largest absolute Gasteiger partial charge is 0.468 e. The van der Waals surface area contributed by atoms with E-state index in [1.165, 1.54) is 7.11 Å². The zero-order chi connectivity index (χ0) is 22.5. The molecule has 1 aromatic carbocycles. The van der Waals surface area contributed by atoms with Gasteiger partial charge in [0, 0.05) is 0 Å². The maximum Gasteiger partial charge on any atom is 0.325 e. The van der Waals surface area contributed by atoms with E-state index in [1.807, 2.05) is 30.3 Å². The topological polar surface area (TPSA) is 149 Å². The lowest BCUT2D eigenvalue weighted by atomic mass is 10.0. The Morgan fingerprint density at radius 2 is 1.67 bits per heavy atom. The second-order valence-corrected chi connectivity index (χ2v) is 6.91. The van der Waals surface area contributed by atoms with Crippen molar-refractivity contribution in [1.29, 1.82) is 0 Å². The highest BCUT2D eigenvalue weighted by Crippen LogP contribution is 2.04. The van der Waals surface area contributed by atoms with Gasteiger partial charge in [-0.1, -0.05) is 44.2 Å². The van der Waals surface area contributed by atoms with E-state index >= 15 is 0 Å². The number of carbonyl (C=O) groups is 4. The average molecular weight is 422 g/mol. The van der Waals surface area contributed by atoms with Crippen LogP contribution in [0.3, 0.4) is 0 Å². The van der Waals surface area contributed by atoms with Crippen molar-refractivity contribution in [3.05, 3.63) is 35.9 Å². The Morgan fingerprint density at radius 3 is 2.27 bits per heavy atom. The van der Waals surface area contributed by atoms with Crippen LogP contribution in [0.2, 0.25) is 0 Å². The fourth-order valence-electron chi connectivity index (χ4n) is 2.33. The molecule has 10 nitrogen and oxygen atoms in total. The van der Waals surface area contributed by atoms with E-state index < -0.39 is 35.8 Å². The standard InChI is InChI=1S/C20H30N4O6/c1-13(2)18(20(28)23-9-16(25)22-10-17(26)29-3)24-19(27)15(21)12-30-11-14-7-5-4-6-8-14/h4-8,13,15,18H,9-12,21H2,1-3H3,(H,22,25)(H,23,28)(H,24,27)/t15-,18-/m0/s1. The molecule has 0 saturated carbocycles. The Morgan fingerprint density at radius 1 is 1.00 bits per heavy atom. The van der Waals surface area contributed by atoms with E-state index in [-0.39, 0.29) is 25.6 Å². The van der Waals surface area contributed by atoms with Crippen LogP contribution in [0.4, 0.5) is 0 Å².